The molecule has 0 spiro atoms. The predicted octanol–water partition coefficient (Wildman–Crippen LogP) is 1.99. The molecule has 0 saturated heterocycles. The van der Waals surface area contributed by atoms with E-state index in [1.165, 1.54) is 6.92 Å². The first kappa shape index (κ1) is 17.1. The van der Waals surface area contributed by atoms with E-state index in [0.29, 0.717) is 0 Å². The average molecular weight is 325 g/mol. The van der Waals surface area contributed by atoms with E-state index >= 15 is 0 Å². The minimum atomic E-state index is -3.91. The summed E-state index contributed by atoms with van der Waals surface area (Å²) >= 11 is 5.55. The SMILES string of the molecule is CCOC(=O)C(F)(F)CNC(=O)c1cc(N)cc(F)c1Cl. The fourth-order valence-electron chi connectivity index (χ4n) is 1.37. The Morgan fingerprint density at radius 2 is 2.05 bits per heavy atom. The lowest BCUT2D eigenvalue weighted by Gasteiger charge is -2.15. The van der Waals surface area contributed by atoms with E-state index in [1.807, 2.05) is 0 Å². The van der Waals surface area contributed by atoms with Gasteiger partial charge in [0.2, 0.25) is 0 Å². The molecule has 0 heterocycles. The fourth-order valence-corrected chi connectivity index (χ4v) is 1.57. The molecule has 0 aliphatic heterocycles. The second kappa shape index (κ2) is 6.66. The van der Waals surface area contributed by atoms with E-state index in [2.05, 4.69) is 4.74 Å². The lowest BCUT2D eigenvalue weighted by Crippen LogP contribution is -2.43. The zero-order valence-electron chi connectivity index (χ0n) is 10.9. The number of hydrogen-bond donors (Lipinski definition) is 2. The smallest absolute Gasteiger partial charge is 0.378 e. The molecule has 21 heavy (non-hydrogen) atoms. The largest absolute Gasteiger partial charge is 0.462 e. The minimum absolute atomic E-state index is 0.0980. The quantitative estimate of drug-likeness (QED) is 0.641. The Bertz CT molecular complexity index is 567. The van der Waals surface area contributed by atoms with Crippen LogP contribution in [0.5, 0.6) is 0 Å². The molecule has 0 radical (unpaired) electrons. The summed E-state index contributed by atoms with van der Waals surface area (Å²) in [6.45, 7) is -0.173. The van der Waals surface area contributed by atoms with E-state index in [1.54, 1.807) is 5.32 Å². The highest BCUT2D eigenvalue weighted by molar-refractivity contribution is 6.34. The molecule has 0 aliphatic rings. The van der Waals surface area contributed by atoms with Crippen molar-refractivity contribution in [3.8, 4) is 0 Å². The van der Waals surface area contributed by atoms with Crippen LogP contribution in [0.25, 0.3) is 0 Å². The summed E-state index contributed by atoms with van der Waals surface area (Å²) in [5.74, 6) is -7.72. The molecular weight excluding hydrogens is 313 g/mol. The number of carbonyl (C=O) groups excluding carboxylic acids is 2. The second-order valence-corrected chi connectivity index (χ2v) is 4.35. The van der Waals surface area contributed by atoms with E-state index < -0.39 is 40.7 Å². The molecule has 0 unspecified atom stereocenters. The van der Waals surface area contributed by atoms with Crippen LogP contribution in [-0.4, -0.2) is 31.0 Å². The Labute approximate surface area is 123 Å². The average Bonchev–Trinajstić information content (AvgIpc) is 2.40. The Balaban J connectivity index is 2.81. The second-order valence-electron chi connectivity index (χ2n) is 3.97. The maximum Gasteiger partial charge on any atom is 0.378 e. The molecule has 0 saturated carbocycles. The van der Waals surface area contributed by atoms with Gasteiger partial charge in [-0.15, -0.1) is 0 Å². The molecule has 9 heteroatoms. The zero-order valence-corrected chi connectivity index (χ0v) is 11.6. The van der Waals surface area contributed by atoms with Gasteiger partial charge in [0.1, 0.15) is 5.82 Å². The number of nitrogens with two attached hydrogens (primary N) is 1. The first-order valence-electron chi connectivity index (χ1n) is 5.76. The Morgan fingerprint density at radius 1 is 1.43 bits per heavy atom. The molecule has 0 aliphatic carbocycles. The van der Waals surface area contributed by atoms with Crippen LogP contribution < -0.4 is 11.1 Å². The van der Waals surface area contributed by atoms with Crippen molar-refractivity contribution in [2.24, 2.45) is 0 Å². The highest BCUT2D eigenvalue weighted by Gasteiger charge is 2.41. The summed E-state index contributed by atoms with van der Waals surface area (Å²) in [7, 11) is 0. The maximum absolute atomic E-state index is 13.3. The molecule has 3 N–H and O–H groups in total. The Morgan fingerprint density at radius 3 is 2.62 bits per heavy atom. The fraction of sp³-hybridized carbons (Fsp3) is 0.333. The third-order valence-corrected chi connectivity index (χ3v) is 2.72. The highest BCUT2D eigenvalue weighted by atomic mass is 35.5. The Hall–Kier alpha value is -1.96. The van der Waals surface area contributed by atoms with Crippen LogP contribution in [0.2, 0.25) is 5.02 Å². The van der Waals surface area contributed by atoms with Gasteiger partial charge in [0, 0.05) is 5.69 Å². The minimum Gasteiger partial charge on any atom is -0.462 e. The van der Waals surface area contributed by atoms with E-state index in [4.69, 9.17) is 17.3 Å². The van der Waals surface area contributed by atoms with E-state index in [9.17, 15) is 22.8 Å². The van der Waals surface area contributed by atoms with Crippen LogP contribution in [0.4, 0.5) is 18.9 Å². The topological polar surface area (TPSA) is 81.4 Å². The number of benzene rings is 1. The molecule has 1 aromatic carbocycles. The summed E-state index contributed by atoms with van der Waals surface area (Å²) in [5.41, 5.74) is 4.83. The number of alkyl halides is 2. The summed E-state index contributed by atoms with van der Waals surface area (Å²) in [5, 5.41) is 1.22. The van der Waals surface area contributed by atoms with Gasteiger partial charge in [-0.2, -0.15) is 8.78 Å². The molecule has 0 bridgehead atoms. The lowest BCUT2D eigenvalue weighted by molar-refractivity contribution is -0.170. The van der Waals surface area contributed by atoms with Crippen molar-refractivity contribution in [2.45, 2.75) is 12.8 Å². The lowest BCUT2D eigenvalue weighted by atomic mass is 10.1. The molecule has 1 amide bonds. The monoisotopic (exact) mass is 324 g/mol. The van der Waals surface area contributed by atoms with Crippen molar-refractivity contribution in [1.29, 1.82) is 0 Å². The first-order valence-corrected chi connectivity index (χ1v) is 6.14. The van der Waals surface area contributed by atoms with Crippen LogP contribution in [-0.2, 0) is 9.53 Å². The predicted molar refractivity (Wildman–Crippen MR) is 69.7 cm³/mol. The molecule has 5 nitrogen and oxygen atoms in total. The van der Waals surface area contributed by atoms with Crippen LogP contribution in [0.15, 0.2) is 12.1 Å². The number of nitrogen functional groups attached to an aromatic ring is 1. The van der Waals surface area contributed by atoms with Gasteiger partial charge in [-0.1, -0.05) is 11.6 Å². The van der Waals surface area contributed by atoms with Crippen LogP contribution in [0.1, 0.15) is 17.3 Å². The molecule has 1 rings (SSSR count). The van der Waals surface area contributed by atoms with E-state index in [-0.39, 0.29) is 12.3 Å². The van der Waals surface area contributed by atoms with Crippen molar-refractivity contribution >= 4 is 29.2 Å². The van der Waals surface area contributed by atoms with E-state index in [0.717, 1.165) is 12.1 Å². The number of esters is 1. The number of nitrogens with one attached hydrogen (secondary N) is 1. The van der Waals surface area contributed by atoms with Gasteiger partial charge in [0.15, 0.2) is 0 Å². The van der Waals surface area contributed by atoms with Gasteiger partial charge < -0.3 is 15.8 Å². The molecule has 0 atom stereocenters. The van der Waals surface area contributed by atoms with Crippen molar-refractivity contribution < 1.29 is 27.5 Å². The molecule has 1 aromatic rings. The molecular formula is C12H12ClF3N2O3. The molecule has 0 fully saturated rings. The molecule has 116 valence electrons. The van der Waals surface area contributed by atoms with Gasteiger partial charge >= 0.3 is 11.9 Å². The van der Waals surface area contributed by atoms with Gasteiger partial charge in [-0.05, 0) is 19.1 Å². The van der Waals surface area contributed by atoms with Gasteiger partial charge in [-0.3, -0.25) is 4.79 Å². The van der Waals surface area contributed by atoms with Crippen molar-refractivity contribution in [3.05, 3.63) is 28.5 Å². The zero-order chi connectivity index (χ0) is 16.2. The number of rotatable bonds is 5. The number of carbonyl (C=O) groups is 2. The van der Waals surface area contributed by atoms with Crippen molar-refractivity contribution in [3.63, 3.8) is 0 Å². The van der Waals surface area contributed by atoms with Gasteiger partial charge in [0.05, 0.1) is 23.7 Å². The standard InChI is InChI=1S/C12H12ClF3N2O3/c1-2-21-11(20)12(15,16)5-18-10(19)7-3-6(17)4-8(14)9(7)13/h3-4H,2,5,17H2,1H3,(H,18,19). The number of halogens is 4. The maximum atomic E-state index is 13.3. The number of ether oxygens (including phenoxy) is 1. The summed E-state index contributed by atoms with van der Waals surface area (Å²) < 4.78 is 44.1. The number of amides is 1. The first-order chi connectivity index (χ1) is 9.69. The van der Waals surface area contributed by atoms with Crippen molar-refractivity contribution in [2.75, 3.05) is 18.9 Å². The highest BCUT2D eigenvalue weighted by Crippen LogP contribution is 2.23. The summed E-state index contributed by atoms with van der Waals surface area (Å²) in [6.07, 6.45) is 0. The summed E-state index contributed by atoms with van der Waals surface area (Å²) in [6, 6.07) is 1.91. The van der Waals surface area contributed by atoms with Crippen LogP contribution >= 0.6 is 11.6 Å². The summed E-state index contributed by atoms with van der Waals surface area (Å²) in [4.78, 5) is 22.7. The normalized spacial score (nSPS) is 11.1. The number of anilines is 1. The van der Waals surface area contributed by atoms with Gasteiger partial charge in [0.25, 0.3) is 5.91 Å². The number of hydrogen-bond acceptors (Lipinski definition) is 4. The van der Waals surface area contributed by atoms with Crippen molar-refractivity contribution in [1.82, 2.24) is 5.32 Å². The molecule has 0 aromatic heterocycles. The van der Waals surface area contributed by atoms with Crippen LogP contribution in [0.3, 0.4) is 0 Å². The van der Waals surface area contributed by atoms with Crippen LogP contribution in [0, 0.1) is 5.82 Å². The third kappa shape index (κ3) is 4.25. The van der Waals surface area contributed by atoms with Gasteiger partial charge in [-0.25, -0.2) is 9.18 Å². The third-order valence-electron chi connectivity index (χ3n) is 2.34. The Kier molecular flexibility index (Phi) is 5.42.